The molecule has 0 aromatic heterocycles. The fraction of sp³-hybridized carbons (Fsp3) is 0.0952. The first-order valence-electron chi connectivity index (χ1n) is 8.19. The van der Waals surface area contributed by atoms with Gasteiger partial charge in [0.25, 0.3) is 0 Å². The second-order valence-corrected chi connectivity index (χ2v) is 6.16. The van der Waals surface area contributed by atoms with Crippen LogP contribution in [0.1, 0.15) is 11.1 Å². The molecule has 1 N–H and O–H groups in total. The molecule has 0 fully saturated rings. The van der Waals surface area contributed by atoms with Crippen LogP contribution in [0.5, 0.6) is 5.75 Å². The molecule has 3 aromatic carbocycles. The molecule has 144 valence electrons. The third-order valence-electron chi connectivity index (χ3n) is 4.22. The van der Waals surface area contributed by atoms with Crippen LogP contribution in [0.2, 0.25) is 0 Å². The van der Waals surface area contributed by atoms with Crippen LogP contribution in [-0.4, -0.2) is 10.9 Å². The van der Waals surface area contributed by atoms with Crippen LogP contribution in [-0.2, 0) is 17.6 Å². The number of hydrogen-bond acceptors (Lipinski definition) is 2. The Kier molecular flexibility index (Phi) is 5.44. The number of ketones is 1. The summed E-state index contributed by atoms with van der Waals surface area (Å²) in [7, 11) is 0. The van der Waals surface area contributed by atoms with E-state index in [1.807, 2.05) is 6.07 Å². The van der Waals surface area contributed by atoms with E-state index in [1.54, 1.807) is 36.4 Å². The lowest BCUT2D eigenvalue weighted by atomic mass is 9.98. The minimum atomic E-state index is -2.27. The molecule has 0 aliphatic heterocycles. The highest BCUT2D eigenvalue weighted by molar-refractivity contribution is 5.83. The first-order chi connectivity index (χ1) is 13.3. The van der Waals surface area contributed by atoms with E-state index in [0.717, 1.165) is 5.56 Å². The van der Waals surface area contributed by atoms with E-state index >= 15 is 0 Å². The van der Waals surface area contributed by atoms with Crippen LogP contribution in [0.4, 0.5) is 22.0 Å². The molecule has 0 heterocycles. The minimum Gasteiger partial charge on any atom is -0.507 e. The summed E-state index contributed by atoms with van der Waals surface area (Å²) in [5.74, 6) is -11.4. The molecule has 0 aliphatic rings. The van der Waals surface area contributed by atoms with Crippen LogP contribution in [0.25, 0.3) is 11.1 Å². The van der Waals surface area contributed by atoms with Crippen LogP contribution >= 0.6 is 0 Å². The number of carbonyl (C=O) groups excluding carboxylic acids is 1. The molecule has 0 aliphatic carbocycles. The largest absolute Gasteiger partial charge is 0.507 e. The maximum Gasteiger partial charge on any atom is 0.200 e. The maximum atomic E-state index is 13.7. The van der Waals surface area contributed by atoms with Crippen molar-refractivity contribution in [2.75, 3.05) is 0 Å². The van der Waals surface area contributed by atoms with Crippen molar-refractivity contribution in [3.63, 3.8) is 0 Å². The Labute approximate surface area is 156 Å². The minimum absolute atomic E-state index is 0.104. The van der Waals surface area contributed by atoms with E-state index in [4.69, 9.17) is 0 Å². The fourth-order valence-corrected chi connectivity index (χ4v) is 2.84. The van der Waals surface area contributed by atoms with Gasteiger partial charge < -0.3 is 5.11 Å². The van der Waals surface area contributed by atoms with Gasteiger partial charge >= 0.3 is 0 Å². The zero-order valence-corrected chi connectivity index (χ0v) is 14.3. The van der Waals surface area contributed by atoms with Crippen molar-refractivity contribution in [2.24, 2.45) is 0 Å². The molecule has 3 rings (SSSR count). The molecule has 0 bridgehead atoms. The highest BCUT2D eigenvalue weighted by Crippen LogP contribution is 2.30. The first-order valence-corrected chi connectivity index (χ1v) is 8.19. The summed E-state index contributed by atoms with van der Waals surface area (Å²) in [5.41, 5.74) is 0.438. The second kappa shape index (κ2) is 7.80. The summed E-state index contributed by atoms with van der Waals surface area (Å²) in [6.07, 6.45) is -1.31. The molecule has 0 amide bonds. The van der Waals surface area contributed by atoms with Crippen LogP contribution in [0.15, 0.2) is 48.5 Å². The molecule has 3 aromatic rings. The Hall–Kier alpha value is -3.22. The van der Waals surface area contributed by atoms with E-state index in [2.05, 4.69) is 0 Å². The van der Waals surface area contributed by atoms with Crippen molar-refractivity contribution < 1.29 is 31.9 Å². The molecule has 0 atom stereocenters. The summed E-state index contributed by atoms with van der Waals surface area (Å²) in [6.45, 7) is 0. The third kappa shape index (κ3) is 3.74. The summed E-state index contributed by atoms with van der Waals surface area (Å²) in [6, 6.07) is 13.4. The average Bonchev–Trinajstić information content (AvgIpc) is 2.69. The lowest BCUT2D eigenvalue weighted by Crippen LogP contribution is -2.13. The lowest BCUT2D eigenvalue weighted by molar-refractivity contribution is -0.117. The van der Waals surface area contributed by atoms with Gasteiger partial charge in [0.1, 0.15) is 11.5 Å². The molecule has 0 saturated heterocycles. The molecule has 2 nitrogen and oxygen atoms in total. The smallest absolute Gasteiger partial charge is 0.200 e. The van der Waals surface area contributed by atoms with Gasteiger partial charge in [-0.2, -0.15) is 0 Å². The van der Waals surface area contributed by atoms with Crippen molar-refractivity contribution in [3.8, 4) is 16.9 Å². The Morgan fingerprint density at radius 1 is 0.750 bits per heavy atom. The highest BCUT2D eigenvalue weighted by Gasteiger charge is 2.26. The number of phenolic OH excluding ortho intramolecular Hbond substituents is 1. The number of phenols is 1. The van der Waals surface area contributed by atoms with Gasteiger partial charge in [-0.25, -0.2) is 22.0 Å². The number of benzene rings is 3. The molecule has 0 saturated carbocycles. The number of halogens is 5. The predicted molar refractivity (Wildman–Crippen MR) is 92.2 cm³/mol. The number of aromatic hydroxyl groups is 1. The zero-order valence-electron chi connectivity index (χ0n) is 14.3. The third-order valence-corrected chi connectivity index (χ3v) is 4.22. The Balaban J connectivity index is 1.81. The van der Waals surface area contributed by atoms with Gasteiger partial charge in [0.15, 0.2) is 23.3 Å². The number of Topliss-reactive ketones (excluding diaryl/α,β-unsaturated/α-hetero) is 1. The van der Waals surface area contributed by atoms with Gasteiger partial charge in [-0.1, -0.05) is 42.5 Å². The van der Waals surface area contributed by atoms with E-state index in [0.29, 0.717) is 11.1 Å². The van der Waals surface area contributed by atoms with Crippen molar-refractivity contribution >= 4 is 5.78 Å². The van der Waals surface area contributed by atoms with Gasteiger partial charge in [-0.05, 0) is 17.2 Å². The highest BCUT2D eigenvalue weighted by atomic mass is 19.2. The van der Waals surface area contributed by atoms with Crippen LogP contribution in [0, 0.1) is 29.1 Å². The molecule has 28 heavy (non-hydrogen) atoms. The van der Waals surface area contributed by atoms with Gasteiger partial charge in [-0.15, -0.1) is 0 Å². The lowest BCUT2D eigenvalue weighted by Gasteiger charge is -2.09. The van der Waals surface area contributed by atoms with E-state index < -0.39 is 46.9 Å². The summed E-state index contributed by atoms with van der Waals surface area (Å²) < 4.78 is 66.9. The van der Waals surface area contributed by atoms with Gasteiger partial charge in [0, 0.05) is 24.0 Å². The molecule has 0 radical (unpaired) electrons. The zero-order chi connectivity index (χ0) is 20.4. The average molecular weight is 392 g/mol. The van der Waals surface area contributed by atoms with Crippen molar-refractivity contribution in [1.29, 1.82) is 0 Å². The number of hydrogen-bond donors (Lipinski definition) is 1. The normalized spacial score (nSPS) is 10.9. The van der Waals surface area contributed by atoms with Gasteiger partial charge in [-0.3, -0.25) is 4.79 Å². The first kappa shape index (κ1) is 19.5. The van der Waals surface area contributed by atoms with Crippen molar-refractivity contribution in [1.82, 2.24) is 0 Å². The standard InChI is InChI=1S/C21H13F5O2/c22-17-15(18(23)20(25)21(26)19(17)24)10-13(27)8-11-6-7-14(16(28)9-11)12-4-2-1-3-5-12/h1-7,9,28H,8,10H2. The monoisotopic (exact) mass is 392 g/mol. The van der Waals surface area contributed by atoms with Crippen molar-refractivity contribution in [3.05, 3.63) is 88.7 Å². The number of carbonyl (C=O) groups is 1. The molecule has 0 spiro atoms. The SMILES string of the molecule is O=C(Cc1ccc(-c2ccccc2)c(O)c1)Cc1c(F)c(F)c(F)c(F)c1F. The topological polar surface area (TPSA) is 37.3 Å². The summed E-state index contributed by atoms with van der Waals surface area (Å²) in [4.78, 5) is 12.1. The second-order valence-electron chi connectivity index (χ2n) is 6.16. The quantitative estimate of drug-likeness (QED) is 0.372. The molecular weight excluding hydrogens is 379 g/mol. The molecule has 7 heteroatoms. The number of rotatable bonds is 5. The van der Waals surface area contributed by atoms with E-state index in [9.17, 15) is 31.9 Å². The van der Waals surface area contributed by atoms with Gasteiger partial charge in [0.2, 0.25) is 5.82 Å². The Morgan fingerprint density at radius 2 is 1.32 bits per heavy atom. The van der Waals surface area contributed by atoms with E-state index in [1.165, 1.54) is 6.07 Å². The maximum absolute atomic E-state index is 13.7. The molecule has 0 unspecified atom stereocenters. The summed E-state index contributed by atoms with van der Waals surface area (Å²) in [5, 5.41) is 10.2. The fourth-order valence-electron chi connectivity index (χ4n) is 2.84. The van der Waals surface area contributed by atoms with Gasteiger partial charge in [0.05, 0.1) is 0 Å². The predicted octanol–water partition coefficient (Wildman–Crippen LogP) is 5.11. The Bertz CT molecular complexity index is 1020. The van der Waals surface area contributed by atoms with Crippen LogP contribution < -0.4 is 0 Å². The molecular formula is C21H13F5O2. The summed E-state index contributed by atoms with van der Waals surface area (Å²) >= 11 is 0. The van der Waals surface area contributed by atoms with Crippen molar-refractivity contribution in [2.45, 2.75) is 12.8 Å². The Morgan fingerprint density at radius 3 is 1.89 bits per heavy atom. The van der Waals surface area contributed by atoms with E-state index in [-0.39, 0.29) is 12.2 Å². The van der Waals surface area contributed by atoms with Crippen LogP contribution in [0.3, 0.4) is 0 Å².